The van der Waals surface area contributed by atoms with E-state index < -0.39 is 5.41 Å². The van der Waals surface area contributed by atoms with Crippen molar-refractivity contribution in [2.75, 3.05) is 30.4 Å². The molecule has 2 amide bonds. The molecule has 35 heavy (non-hydrogen) atoms. The quantitative estimate of drug-likeness (QED) is 0.432. The molecule has 9 nitrogen and oxygen atoms in total. The first kappa shape index (κ1) is 24.6. The Morgan fingerprint density at radius 3 is 2.46 bits per heavy atom. The molecule has 1 fully saturated rings. The van der Waals surface area contributed by atoms with Crippen molar-refractivity contribution in [1.29, 1.82) is 0 Å². The van der Waals surface area contributed by atoms with Crippen LogP contribution in [0, 0.1) is 0 Å². The zero-order valence-electron chi connectivity index (χ0n) is 19.7. The van der Waals surface area contributed by atoms with Crippen LogP contribution in [0.5, 0.6) is 0 Å². The summed E-state index contributed by atoms with van der Waals surface area (Å²) in [6.45, 7) is 4.72. The fourth-order valence-corrected chi connectivity index (χ4v) is 4.46. The summed E-state index contributed by atoms with van der Waals surface area (Å²) in [6.07, 6.45) is 4.53. The van der Waals surface area contributed by atoms with E-state index in [1.165, 1.54) is 19.3 Å². The molecule has 4 rings (SSSR count). The molecule has 1 aliphatic rings. The minimum absolute atomic E-state index is 0.142. The zero-order chi connectivity index (χ0) is 25.2. The topological polar surface area (TPSA) is 120 Å². The van der Waals surface area contributed by atoms with Crippen molar-refractivity contribution in [1.82, 2.24) is 20.3 Å². The Balaban J connectivity index is 1.71. The number of rotatable bonds is 7. The summed E-state index contributed by atoms with van der Waals surface area (Å²) in [5.41, 5.74) is 2.20. The predicted molar refractivity (Wildman–Crippen MR) is 134 cm³/mol. The molecular weight excluding hydrogens is 468 g/mol. The number of pyridine rings is 1. The first-order valence-corrected chi connectivity index (χ1v) is 11.6. The summed E-state index contributed by atoms with van der Waals surface area (Å²) < 4.78 is 0. The lowest BCUT2D eigenvalue weighted by molar-refractivity contribution is -0.122. The second-order valence-corrected chi connectivity index (χ2v) is 9.20. The molecule has 10 heteroatoms. The van der Waals surface area contributed by atoms with Crippen LogP contribution >= 0.6 is 11.6 Å². The number of carbonyl (C=O) groups excluding carboxylic acids is 2. The highest BCUT2D eigenvalue weighted by molar-refractivity contribution is 6.30. The van der Waals surface area contributed by atoms with Crippen LogP contribution in [0.25, 0.3) is 0 Å². The molecule has 0 unspecified atom stereocenters. The van der Waals surface area contributed by atoms with Crippen LogP contribution in [-0.2, 0) is 16.8 Å². The smallest absolute Gasteiger partial charge is 0.253 e. The minimum atomic E-state index is -0.903. The summed E-state index contributed by atoms with van der Waals surface area (Å²) in [5, 5.41) is 14.9. The highest BCUT2D eigenvalue weighted by Gasteiger charge is 2.52. The van der Waals surface area contributed by atoms with Gasteiger partial charge in [-0.1, -0.05) is 49.7 Å². The van der Waals surface area contributed by atoms with Crippen LogP contribution < -0.4 is 15.5 Å². The lowest BCUT2D eigenvalue weighted by atomic mass is 9.69. The number of anilines is 2. The van der Waals surface area contributed by atoms with Crippen LogP contribution in [0.4, 0.5) is 11.6 Å². The molecule has 1 aromatic carbocycles. The predicted octanol–water partition coefficient (Wildman–Crippen LogP) is 2.90. The van der Waals surface area contributed by atoms with Gasteiger partial charge in [-0.25, -0.2) is 15.0 Å². The minimum Gasteiger partial charge on any atom is -0.392 e. The summed E-state index contributed by atoms with van der Waals surface area (Å²) in [4.78, 5) is 41.0. The highest BCUT2D eigenvalue weighted by Crippen LogP contribution is 2.41. The van der Waals surface area contributed by atoms with E-state index in [4.69, 9.17) is 11.6 Å². The third kappa shape index (κ3) is 4.69. The molecule has 0 spiro atoms. The molecule has 2 aromatic heterocycles. The van der Waals surface area contributed by atoms with Gasteiger partial charge in [0.15, 0.2) is 0 Å². The number of halogens is 1. The van der Waals surface area contributed by atoms with Gasteiger partial charge < -0.3 is 20.6 Å². The van der Waals surface area contributed by atoms with Crippen molar-refractivity contribution < 1.29 is 14.7 Å². The molecule has 0 radical (unpaired) electrons. The van der Waals surface area contributed by atoms with Gasteiger partial charge in [0, 0.05) is 38.1 Å². The molecule has 1 saturated heterocycles. The van der Waals surface area contributed by atoms with E-state index in [9.17, 15) is 14.7 Å². The van der Waals surface area contributed by atoms with Crippen molar-refractivity contribution >= 4 is 35.1 Å². The Morgan fingerprint density at radius 1 is 1.14 bits per heavy atom. The van der Waals surface area contributed by atoms with Gasteiger partial charge in [0.2, 0.25) is 11.9 Å². The summed E-state index contributed by atoms with van der Waals surface area (Å²) in [6, 6.07) is 9.32. The van der Waals surface area contributed by atoms with Gasteiger partial charge in [-0.3, -0.25) is 9.59 Å². The highest BCUT2D eigenvalue weighted by atomic mass is 35.5. The maximum atomic E-state index is 13.9. The van der Waals surface area contributed by atoms with E-state index in [-0.39, 0.29) is 40.7 Å². The van der Waals surface area contributed by atoms with Crippen LogP contribution in [-0.4, -0.2) is 52.0 Å². The number of hydrogen-bond acceptors (Lipinski definition) is 7. The van der Waals surface area contributed by atoms with E-state index >= 15 is 0 Å². The molecule has 3 heterocycles. The van der Waals surface area contributed by atoms with Gasteiger partial charge in [0.25, 0.3) is 5.91 Å². The van der Waals surface area contributed by atoms with Crippen LogP contribution in [0.15, 0.2) is 48.9 Å². The van der Waals surface area contributed by atoms with Crippen LogP contribution in [0.2, 0.25) is 5.15 Å². The molecular formula is C25H27ClN6O3. The number of hydrogen-bond donors (Lipinski definition) is 3. The number of aliphatic hydroxyl groups is 1. The van der Waals surface area contributed by atoms with Crippen molar-refractivity contribution in [3.63, 3.8) is 0 Å². The average Bonchev–Trinajstić information content (AvgIpc) is 2.84. The second-order valence-electron chi connectivity index (χ2n) is 8.82. The molecule has 3 N–H and O–H groups in total. The summed E-state index contributed by atoms with van der Waals surface area (Å²) >= 11 is 6.00. The van der Waals surface area contributed by atoms with E-state index in [1.54, 1.807) is 12.4 Å². The van der Waals surface area contributed by atoms with Gasteiger partial charge in [0.05, 0.1) is 24.1 Å². The SMILES string of the molecule is CNC(=O)c1cc(Cl)ncc1NC(=O)C1(c2ccccc2C(C)C)CN(c2ncc(CO)cn2)C1. The first-order valence-electron chi connectivity index (χ1n) is 11.2. The Morgan fingerprint density at radius 2 is 1.83 bits per heavy atom. The lowest BCUT2D eigenvalue weighted by Crippen LogP contribution is -2.66. The number of aromatic nitrogens is 3. The van der Waals surface area contributed by atoms with Gasteiger partial charge >= 0.3 is 0 Å². The van der Waals surface area contributed by atoms with Gasteiger partial charge in [-0.15, -0.1) is 0 Å². The van der Waals surface area contributed by atoms with E-state index in [2.05, 4.69) is 39.4 Å². The normalized spacial score (nSPS) is 14.4. The molecule has 182 valence electrons. The van der Waals surface area contributed by atoms with Gasteiger partial charge in [-0.05, 0) is 23.1 Å². The Bertz CT molecular complexity index is 1240. The Hall–Kier alpha value is -3.56. The standard InChI is InChI=1S/C25H27ClN6O3/c1-15(2)17-6-4-5-7-19(17)25(13-32(14-25)24-29-9-16(12-33)10-30-24)23(35)31-20-11-28-21(26)8-18(20)22(34)27-3/h4-11,15,33H,12-14H2,1-3H3,(H,27,34)(H,31,35). The van der Waals surface area contributed by atoms with Crippen LogP contribution in [0.1, 0.15) is 46.8 Å². The van der Waals surface area contributed by atoms with E-state index in [1.807, 2.05) is 29.2 Å². The van der Waals surface area contributed by atoms with Crippen LogP contribution in [0.3, 0.4) is 0 Å². The molecule has 0 saturated carbocycles. The second kappa shape index (κ2) is 9.97. The van der Waals surface area contributed by atoms with E-state index in [0.717, 1.165) is 11.1 Å². The van der Waals surface area contributed by atoms with Crippen molar-refractivity contribution in [2.24, 2.45) is 0 Å². The number of amides is 2. The number of aliphatic hydroxyl groups excluding tert-OH is 1. The van der Waals surface area contributed by atoms with Crippen molar-refractivity contribution in [2.45, 2.75) is 31.8 Å². The molecule has 0 atom stereocenters. The number of carbonyl (C=O) groups is 2. The van der Waals surface area contributed by atoms with Gasteiger partial charge in [0.1, 0.15) is 10.6 Å². The third-order valence-corrected chi connectivity index (χ3v) is 6.41. The fourth-order valence-electron chi connectivity index (χ4n) is 4.31. The average molecular weight is 495 g/mol. The monoisotopic (exact) mass is 494 g/mol. The third-order valence-electron chi connectivity index (χ3n) is 6.20. The maximum Gasteiger partial charge on any atom is 0.253 e. The number of nitrogens with one attached hydrogen (secondary N) is 2. The molecule has 0 bridgehead atoms. The van der Waals surface area contributed by atoms with Crippen molar-refractivity contribution in [3.05, 3.63) is 76.3 Å². The van der Waals surface area contributed by atoms with Gasteiger partial charge in [-0.2, -0.15) is 0 Å². The van der Waals surface area contributed by atoms with E-state index in [0.29, 0.717) is 24.6 Å². The Kier molecular flexibility index (Phi) is 7.00. The summed E-state index contributed by atoms with van der Waals surface area (Å²) in [7, 11) is 1.51. The largest absolute Gasteiger partial charge is 0.392 e. The van der Waals surface area contributed by atoms with Crippen molar-refractivity contribution in [3.8, 4) is 0 Å². The molecule has 0 aliphatic carbocycles. The zero-order valence-corrected chi connectivity index (χ0v) is 20.5. The fraction of sp³-hybridized carbons (Fsp3) is 0.320. The number of benzene rings is 1. The number of nitrogens with zero attached hydrogens (tertiary/aromatic N) is 4. The summed E-state index contributed by atoms with van der Waals surface area (Å²) in [5.74, 6) is 0.0347. The Labute approximate surface area is 208 Å². The lowest BCUT2D eigenvalue weighted by Gasteiger charge is -2.50. The first-order chi connectivity index (χ1) is 16.8. The maximum absolute atomic E-state index is 13.9. The molecule has 1 aliphatic heterocycles. The molecule has 3 aromatic rings.